The van der Waals surface area contributed by atoms with Crippen LogP contribution in [0.15, 0.2) is 79.0 Å². The number of allylic oxidation sites excluding steroid dienone is 1. The lowest BCUT2D eigenvalue weighted by molar-refractivity contribution is 0.126. The zero-order valence-electron chi connectivity index (χ0n) is 17.7. The summed E-state index contributed by atoms with van der Waals surface area (Å²) in [5.74, 6) is 0.185. The van der Waals surface area contributed by atoms with Crippen molar-refractivity contribution in [2.45, 2.75) is 19.4 Å². The standard InChI is InChI=1S/C25H22N6O/c1-17-7-11-20(12-8-17)25(32,21-13-9-18(2)10-14-21)22-5-3-4-6-23(22)27-16-19(15-26)24-28-30-31-29-24/h3-14,16,27,32H,1-2H3,(H,28,29,30,31). The molecule has 0 saturated carbocycles. The van der Waals surface area contributed by atoms with Crippen LogP contribution in [0.1, 0.15) is 33.6 Å². The smallest absolute Gasteiger partial charge is 0.216 e. The Morgan fingerprint density at radius 3 is 2.09 bits per heavy atom. The summed E-state index contributed by atoms with van der Waals surface area (Å²) in [6.45, 7) is 4.02. The topological polar surface area (TPSA) is 111 Å². The molecule has 7 heteroatoms. The molecule has 0 aliphatic carbocycles. The van der Waals surface area contributed by atoms with Crippen molar-refractivity contribution in [3.05, 3.63) is 113 Å². The Kier molecular flexibility index (Phi) is 5.79. The number of nitrogens with zero attached hydrogens (tertiary/aromatic N) is 4. The Bertz CT molecular complexity index is 1220. The Morgan fingerprint density at radius 1 is 0.969 bits per heavy atom. The lowest BCUT2D eigenvalue weighted by Crippen LogP contribution is -2.29. The van der Waals surface area contributed by atoms with Crippen molar-refractivity contribution in [3.8, 4) is 6.07 Å². The normalized spacial score (nSPS) is 11.8. The number of aromatic amines is 1. The van der Waals surface area contributed by atoms with Crippen LogP contribution in [-0.2, 0) is 5.60 Å². The predicted octanol–water partition coefficient (Wildman–Crippen LogP) is 4.08. The average Bonchev–Trinajstić information content (AvgIpc) is 3.35. The fourth-order valence-electron chi connectivity index (χ4n) is 3.56. The second kappa shape index (κ2) is 8.84. The summed E-state index contributed by atoms with van der Waals surface area (Å²) in [6.07, 6.45) is 1.51. The van der Waals surface area contributed by atoms with E-state index in [0.717, 1.165) is 22.3 Å². The van der Waals surface area contributed by atoms with Gasteiger partial charge in [0, 0.05) is 17.5 Å². The minimum Gasteiger partial charge on any atom is -0.376 e. The fraction of sp³-hybridized carbons (Fsp3) is 0.120. The number of tetrazole rings is 1. The highest BCUT2D eigenvalue weighted by atomic mass is 16.3. The quantitative estimate of drug-likeness (QED) is 0.319. The number of para-hydroxylation sites is 1. The number of hydrogen-bond donors (Lipinski definition) is 3. The van der Waals surface area contributed by atoms with Crippen LogP contribution in [0, 0.1) is 25.2 Å². The summed E-state index contributed by atoms with van der Waals surface area (Å²) in [6, 6.07) is 25.2. The minimum atomic E-state index is -1.42. The van der Waals surface area contributed by atoms with Crippen LogP contribution in [0.25, 0.3) is 5.57 Å². The second-order valence-corrected chi connectivity index (χ2v) is 7.54. The first-order valence-electron chi connectivity index (χ1n) is 10.1. The van der Waals surface area contributed by atoms with Crippen LogP contribution in [0.2, 0.25) is 0 Å². The molecule has 1 heterocycles. The number of H-pyrrole nitrogens is 1. The summed E-state index contributed by atoms with van der Waals surface area (Å²) < 4.78 is 0. The Balaban J connectivity index is 1.85. The van der Waals surface area contributed by atoms with E-state index in [4.69, 9.17) is 0 Å². The van der Waals surface area contributed by atoms with E-state index in [1.807, 2.05) is 86.6 Å². The molecular weight excluding hydrogens is 400 g/mol. The van der Waals surface area contributed by atoms with Gasteiger partial charge in [0.2, 0.25) is 5.82 Å². The van der Waals surface area contributed by atoms with Gasteiger partial charge in [0.25, 0.3) is 0 Å². The van der Waals surface area contributed by atoms with Crippen LogP contribution in [0.4, 0.5) is 5.69 Å². The first-order valence-corrected chi connectivity index (χ1v) is 10.1. The molecule has 158 valence electrons. The fourth-order valence-corrected chi connectivity index (χ4v) is 3.56. The number of aryl methyl sites for hydroxylation is 2. The van der Waals surface area contributed by atoms with Crippen molar-refractivity contribution in [3.63, 3.8) is 0 Å². The zero-order valence-corrected chi connectivity index (χ0v) is 17.7. The number of anilines is 1. The van der Waals surface area contributed by atoms with Gasteiger partial charge >= 0.3 is 0 Å². The Hall–Kier alpha value is -4.28. The van der Waals surface area contributed by atoms with Crippen molar-refractivity contribution in [2.75, 3.05) is 5.32 Å². The van der Waals surface area contributed by atoms with Crippen molar-refractivity contribution in [1.29, 1.82) is 5.26 Å². The average molecular weight is 422 g/mol. The van der Waals surface area contributed by atoms with E-state index in [1.165, 1.54) is 6.20 Å². The maximum Gasteiger partial charge on any atom is 0.216 e. The number of aromatic nitrogens is 4. The molecule has 4 aromatic rings. The SMILES string of the molecule is Cc1ccc(C(O)(c2ccc(C)cc2)c2ccccc2NC=C(C#N)c2nn[nH]n2)cc1. The van der Waals surface area contributed by atoms with Crippen LogP contribution in [0.5, 0.6) is 0 Å². The Morgan fingerprint density at radius 2 is 1.56 bits per heavy atom. The molecule has 0 spiro atoms. The number of nitriles is 1. The molecule has 0 amide bonds. The number of nitrogens with one attached hydrogen (secondary N) is 2. The van der Waals surface area contributed by atoms with E-state index in [1.54, 1.807) is 0 Å². The summed E-state index contributed by atoms with van der Waals surface area (Å²) >= 11 is 0. The molecular formula is C25H22N6O. The Labute approximate surface area is 186 Å². The molecule has 0 aliphatic rings. The molecule has 32 heavy (non-hydrogen) atoms. The van der Waals surface area contributed by atoms with Crippen LogP contribution in [0.3, 0.4) is 0 Å². The van der Waals surface area contributed by atoms with Crippen molar-refractivity contribution in [1.82, 2.24) is 20.6 Å². The van der Waals surface area contributed by atoms with Crippen molar-refractivity contribution >= 4 is 11.3 Å². The maximum absolute atomic E-state index is 12.2. The molecule has 0 saturated heterocycles. The molecule has 0 radical (unpaired) electrons. The largest absolute Gasteiger partial charge is 0.376 e. The summed E-state index contributed by atoms with van der Waals surface area (Å²) in [5, 5.41) is 38.4. The molecule has 3 N–H and O–H groups in total. The van der Waals surface area contributed by atoms with Crippen LogP contribution >= 0.6 is 0 Å². The lowest BCUT2D eigenvalue weighted by Gasteiger charge is -2.32. The van der Waals surface area contributed by atoms with E-state index in [2.05, 4.69) is 32.0 Å². The van der Waals surface area contributed by atoms with Gasteiger partial charge in [0.05, 0.1) is 0 Å². The molecule has 0 bridgehead atoms. The zero-order chi connectivity index (χ0) is 22.6. The molecule has 7 nitrogen and oxygen atoms in total. The second-order valence-electron chi connectivity index (χ2n) is 7.54. The van der Waals surface area contributed by atoms with Crippen molar-refractivity contribution in [2.24, 2.45) is 0 Å². The highest BCUT2D eigenvalue weighted by molar-refractivity contribution is 5.75. The summed E-state index contributed by atoms with van der Waals surface area (Å²) in [4.78, 5) is 0. The highest BCUT2D eigenvalue weighted by Gasteiger charge is 2.35. The lowest BCUT2D eigenvalue weighted by atomic mass is 9.79. The molecule has 1 aromatic heterocycles. The van der Waals surface area contributed by atoms with Crippen LogP contribution in [-0.4, -0.2) is 25.7 Å². The first kappa shape index (κ1) is 21.0. The highest BCUT2D eigenvalue weighted by Crippen LogP contribution is 2.40. The molecule has 0 unspecified atom stereocenters. The molecule has 3 aromatic carbocycles. The number of rotatable bonds is 6. The van der Waals surface area contributed by atoms with Gasteiger partial charge in [-0.2, -0.15) is 10.5 Å². The summed E-state index contributed by atoms with van der Waals surface area (Å²) in [7, 11) is 0. The third kappa shape index (κ3) is 4.00. The third-order valence-corrected chi connectivity index (χ3v) is 5.33. The third-order valence-electron chi connectivity index (χ3n) is 5.33. The number of aliphatic hydroxyl groups is 1. The van der Waals surface area contributed by atoms with Gasteiger partial charge in [-0.05, 0) is 36.3 Å². The van der Waals surface area contributed by atoms with E-state index in [9.17, 15) is 10.4 Å². The van der Waals surface area contributed by atoms with Gasteiger partial charge in [0.15, 0.2) is 0 Å². The monoisotopic (exact) mass is 422 g/mol. The van der Waals surface area contributed by atoms with E-state index >= 15 is 0 Å². The minimum absolute atomic E-state index is 0.185. The van der Waals surface area contributed by atoms with Crippen LogP contribution < -0.4 is 5.32 Å². The predicted molar refractivity (Wildman–Crippen MR) is 122 cm³/mol. The molecule has 0 fully saturated rings. The van der Waals surface area contributed by atoms with E-state index in [-0.39, 0.29) is 11.4 Å². The van der Waals surface area contributed by atoms with Gasteiger partial charge in [-0.1, -0.05) is 77.9 Å². The van der Waals surface area contributed by atoms with Gasteiger partial charge in [-0.15, -0.1) is 10.2 Å². The molecule has 4 rings (SSSR count). The van der Waals surface area contributed by atoms with E-state index in [0.29, 0.717) is 11.3 Å². The van der Waals surface area contributed by atoms with Crippen molar-refractivity contribution < 1.29 is 5.11 Å². The van der Waals surface area contributed by atoms with Gasteiger partial charge in [0.1, 0.15) is 17.2 Å². The van der Waals surface area contributed by atoms with E-state index < -0.39 is 5.60 Å². The van der Waals surface area contributed by atoms with Gasteiger partial charge < -0.3 is 10.4 Å². The first-order chi connectivity index (χ1) is 15.5. The van der Waals surface area contributed by atoms with Gasteiger partial charge in [-0.25, -0.2) is 0 Å². The van der Waals surface area contributed by atoms with Gasteiger partial charge in [-0.3, -0.25) is 0 Å². The number of hydrogen-bond acceptors (Lipinski definition) is 6. The maximum atomic E-state index is 12.2. The summed E-state index contributed by atoms with van der Waals surface area (Å²) in [5.41, 5.74) is 3.77. The molecule has 0 atom stereocenters. The molecule has 0 aliphatic heterocycles. The number of benzene rings is 3.